The van der Waals surface area contributed by atoms with Gasteiger partial charge >= 0.3 is 6.18 Å². The first-order chi connectivity index (χ1) is 9.24. The molecule has 2 unspecified atom stereocenters. The Hall–Kier alpha value is -1.04. The minimum Gasteiger partial charge on any atom is -0.367 e. The van der Waals surface area contributed by atoms with E-state index in [1.807, 2.05) is 0 Å². The first-order valence-corrected chi connectivity index (χ1v) is 7.00. The maximum absolute atomic E-state index is 12.6. The lowest BCUT2D eigenvalue weighted by atomic mass is 9.80. The summed E-state index contributed by atoms with van der Waals surface area (Å²) in [5, 5.41) is 2.86. The molecule has 112 valence electrons. The zero-order valence-corrected chi connectivity index (χ0v) is 12.1. The Morgan fingerprint density at radius 2 is 1.75 bits per heavy atom. The number of rotatable bonds is 2. The molecule has 1 aliphatic rings. The third kappa shape index (κ3) is 3.98. The summed E-state index contributed by atoms with van der Waals surface area (Å²) >= 11 is 5.64. The van der Waals surface area contributed by atoms with Crippen LogP contribution in [0.25, 0.3) is 0 Å². The van der Waals surface area contributed by atoms with E-state index in [1.54, 1.807) is 0 Å². The van der Waals surface area contributed by atoms with E-state index in [4.69, 9.17) is 11.6 Å². The van der Waals surface area contributed by atoms with Crippen molar-refractivity contribution < 1.29 is 13.2 Å². The van der Waals surface area contributed by atoms with Crippen LogP contribution in [0.4, 0.5) is 19.0 Å². The fourth-order valence-corrected chi connectivity index (χ4v) is 3.08. The molecule has 0 bridgehead atoms. The molecule has 1 aliphatic carbocycles. The number of hydrogen-bond donors (Lipinski definition) is 1. The second-order valence-electron chi connectivity index (χ2n) is 5.66. The highest BCUT2D eigenvalue weighted by atomic mass is 35.5. The van der Waals surface area contributed by atoms with E-state index in [0.29, 0.717) is 11.8 Å². The molecule has 1 fully saturated rings. The summed E-state index contributed by atoms with van der Waals surface area (Å²) in [7, 11) is 0. The lowest BCUT2D eigenvalue weighted by Gasteiger charge is -2.32. The van der Waals surface area contributed by atoms with Gasteiger partial charge in [0, 0.05) is 12.1 Å². The highest BCUT2D eigenvalue weighted by Gasteiger charge is 2.35. The van der Waals surface area contributed by atoms with Crippen molar-refractivity contribution in [2.45, 2.75) is 45.3 Å². The molecular weight excluding hydrogens is 291 g/mol. The van der Waals surface area contributed by atoms with E-state index in [1.165, 1.54) is 6.07 Å². The van der Waals surface area contributed by atoms with Gasteiger partial charge in [-0.2, -0.15) is 13.2 Å². The first-order valence-electron chi connectivity index (χ1n) is 6.62. The molecule has 7 heteroatoms. The highest BCUT2D eigenvalue weighted by molar-refractivity contribution is 6.29. The van der Waals surface area contributed by atoms with Gasteiger partial charge in [0.25, 0.3) is 0 Å². The molecule has 20 heavy (non-hydrogen) atoms. The van der Waals surface area contributed by atoms with Gasteiger partial charge in [0.05, 0.1) is 0 Å². The summed E-state index contributed by atoms with van der Waals surface area (Å²) in [6.45, 7) is 4.30. The van der Waals surface area contributed by atoms with Crippen LogP contribution in [-0.4, -0.2) is 16.0 Å². The van der Waals surface area contributed by atoms with Crippen molar-refractivity contribution in [1.82, 2.24) is 9.97 Å². The zero-order valence-electron chi connectivity index (χ0n) is 11.3. The van der Waals surface area contributed by atoms with Crippen molar-refractivity contribution in [3.8, 4) is 0 Å². The predicted molar refractivity (Wildman–Crippen MR) is 71.6 cm³/mol. The predicted octanol–water partition coefficient (Wildman–Crippen LogP) is 4.39. The molecule has 1 saturated carbocycles. The topological polar surface area (TPSA) is 37.8 Å². The molecule has 0 aromatic carbocycles. The molecule has 0 aliphatic heterocycles. The Morgan fingerprint density at radius 3 is 2.30 bits per heavy atom. The zero-order chi connectivity index (χ0) is 14.9. The van der Waals surface area contributed by atoms with E-state index in [2.05, 4.69) is 29.1 Å². The lowest BCUT2D eigenvalue weighted by molar-refractivity contribution is -0.144. The van der Waals surface area contributed by atoms with Gasteiger partial charge in [0.1, 0.15) is 11.0 Å². The van der Waals surface area contributed by atoms with Crippen LogP contribution in [-0.2, 0) is 6.18 Å². The minimum absolute atomic E-state index is 0.126. The second-order valence-corrected chi connectivity index (χ2v) is 6.04. The van der Waals surface area contributed by atoms with Crippen molar-refractivity contribution in [2.75, 3.05) is 5.32 Å². The monoisotopic (exact) mass is 307 g/mol. The highest BCUT2D eigenvalue weighted by Crippen LogP contribution is 2.32. The minimum atomic E-state index is -4.59. The van der Waals surface area contributed by atoms with E-state index in [0.717, 1.165) is 19.3 Å². The maximum atomic E-state index is 12.6. The lowest BCUT2D eigenvalue weighted by Crippen LogP contribution is -2.30. The molecular formula is C13H17ClF3N3. The fraction of sp³-hybridized carbons (Fsp3) is 0.692. The number of halogens is 4. The smallest absolute Gasteiger partial charge is 0.367 e. The molecule has 0 spiro atoms. The number of aromatic nitrogens is 2. The van der Waals surface area contributed by atoms with Gasteiger partial charge < -0.3 is 5.32 Å². The van der Waals surface area contributed by atoms with Crippen molar-refractivity contribution in [3.05, 3.63) is 17.0 Å². The van der Waals surface area contributed by atoms with Crippen LogP contribution >= 0.6 is 11.6 Å². The number of anilines is 1. The van der Waals surface area contributed by atoms with Crippen molar-refractivity contribution in [3.63, 3.8) is 0 Å². The van der Waals surface area contributed by atoms with Crippen LogP contribution in [0.5, 0.6) is 0 Å². The largest absolute Gasteiger partial charge is 0.451 e. The van der Waals surface area contributed by atoms with E-state index < -0.39 is 12.0 Å². The summed E-state index contributed by atoms with van der Waals surface area (Å²) in [6.07, 6.45) is -1.59. The van der Waals surface area contributed by atoms with E-state index >= 15 is 0 Å². The molecule has 0 radical (unpaired) electrons. The average Bonchev–Trinajstić information content (AvgIpc) is 2.25. The maximum Gasteiger partial charge on any atom is 0.451 e. The summed E-state index contributed by atoms with van der Waals surface area (Å²) in [5.41, 5.74) is 0. The Bertz CT molecular complexity index is 468. The van der Waals surface area contributed by atoms with Crippen molar-refractivity contribution >= 4 is 17.4 Å². The summed E-state index contributed by atoms with van der Waals surface area (Å²) in [5.74, 6) is 0.0410. The van der Waals surface area contributed by atoms with E-state index in [9.17, 15) is 13.2 Å². The van der Waals surface area contributed by atoms with Crippen LogP contribution in [0.3, 0.4) is 0 Å². The SMILES string of the molecule is CC1CC(C)CC(Nc2cc(Cl)nc(C(F)(F)F)n2)C1. The Kier molecular flexibility index (Phi) is 4.42. The number of alkyl halides is 3. The molecule has 1 aromatic rings. The van der Waals surface area contributed by atoms with Crippen LogP contribution in [0.1, 0.15) is 38.9 Å². The molecule has 1 aromatic heterocycles. The molecule has 3 nitrogen and oxygen atoms in total. The Morgan fingerprint density at radius 1 is 1.15 bits per heavy atom. The van der Waals surface area contributed by atoms with Gasteiger partial charge in [0.2, 0.25) is 5.82 Å². The van der Waals surface area contributed by atoms with Crippen LogP contribution in [0.2, 0.25) is 5.15 Å². The molecule has 0 amide bonds. The Balaban J connectivity index is 2.15. The summed E-state index contributed by atoms with van der Waals surface area (Å²) in [4.78, 5) is 6.73. The van der Waals surface area contributed by atoms with Gasteiger partial charge in [-0.15, -0.1) is 0 Å². The third-order valence-corrected chi connectivity index (χ3v) is 3.67. The Labute approximate surface area is 120 Å². The first kappa shape index (κ1) is 15.4. The molecule has 0 saturated heterocycles. The van der Waals surface area contributed by atoms with E-state index in [-0.39, 0.29) is 17.0 Å². The van der Waals surface area contributed by atoms with Gasteiger partial charge in [-0.3, -0.25) is 0 Å². The fourth-order valence-electron chi connectivity index (χ4n) is 2.89. The molecule has 2 atom stereocenters. The second kappa shape index (κ2) is 5.76. The average molecular weight is 308 g/mol. The van der Waals surface area contributed by atoms with Gasteiger partial charge in [-0.05, 0) is 31.1 Å². The molecule has 2 rings (SSSR count). The van der Waals surface area contributed by atoms with Crippen LogP contribution in [0, 0.1) is 11.8 Å². The standard InChI is InChI=1S/C13H17ClF3N3/c1-7-3-8(2)5-9(4-7)18-11-6-10(14)19-12(20-11)13(15,16)17/h6-9H,3-5H2,1-2H3,(H,18,19,20). The summed E-state index contributed by atoms with van der Waals surface area (Å²) in [6, 6.07) is 1.46. The normalized spacial score (nSPS) is 27.4. The molecule has 1 heterocycles. The third-order valence-electron chi connectivity index (χ3n) is 3.48. The van der Waals surface area contributed by atoms with Crippen molar-refractivity contribution in [2.24, 2.45) is 11.8 Å². The van der Waals surface area contributed by atoms with Crippen LogP contribution in [0.15, 0.2) is 6.07 Å². The van der Waals surface area contributed by atoms with Gasteiger partial charge in [0.15, 0.2) is 0 Å². The summed E-state index contributed by atoms with van der Waals surface area (Å²) < 4.78 is 37.9. The molecule has 1 N–H and O–H groups in total. The number of hydrogen-bond acceptors (Lipinski definition) is 3. The van der Waals surface area contributed by atoms with Gasteiger partial charge in [-0.25, -0.2) is 9.97 Å². The van der Waals surface area contributed by atoms with Crippen molar-refractivity contribution in [1.29, 1.82) is 0 Å². The van der Waals surface area contributed by atoms with Gasteiger partial charge in [-0.1, -0.05) is 25.4 Å². The number of nitrogens with one attached hydrogen (secondary N) is 1. The quantitative estimate of drug-likeness (QED) is 0.824. The number of nitrogens with zero attached hydrogens (tertiary/aromatic N) is 2. The van der Waals surface area contributed by atoms with Crippen LogP contribution < -0.4 is 5.32 Å².